The van der Waals surface area contributed by atoms with Crippen LogP contribution in [0.25, 0.3) is 0 Å². The van der Waals surface area contributed by atoms with Gasteiger partial charge in [-0.15, -0.1) is 13.2 Å². The van der Waals surface area contributed by atoms with Crippen molar-refractivity contribution < 1.29 is 17.9 Å². The number of benzene rings is 2. The lowest BCUT2D eigenvalue weighted by atomic mass is 10.2. The zero-order valence-corrected chi connectivity index (χ0v) is 12.9. The van der Waals surface area contributed by atoms with Crippen molar-refractivity contribution in [3.05, 3.63) is 57.5 Å². The van der Waals surface area contributed by atoms with Crippen molar-refractivity contribution in [3.63, 3.8) is 0 Å². The van der Waals surface area contributed by atoms with Crippen molar-refractivity contribution in [3.8, 4) is 5.75 Å². The predicted molar refractivity (Wildman–Crippen MR) is 79.6 cm³/mol. The van der Waals surface area contributed by atoms with E-state index in [1.54, 1.807) is 24.3 Å². The molecule has 2 aromatic carbocycles. The molecule has 0 aliphatic carbocycles. The van der Waals surface area contributed by atoms with Gasteiger partial charge in [-0.1, -0.05) is 39.7 Å². The molecule has 112 valence electrons. The van der Waals surface area contributed by atoms with Crippen molar-refractivity contribution in [1.82, 2.24) is 0 Å². The fraction of sp³-hybridized carbons (Fsp3) is 0.143. The van der Waals surface area contributed by atoms with E-state index < -0.39 is 6.36 Å². The molecule has 0 heterocycles. The molecule has 0 unspecified atom stereocenters. The highest BCUT2D eigenvalue weighted by atomic mass is 79.9. The van der Waals surface area contributed by atoms with Crippen molar-refractivity contribution in [2.75, 3.05) is 5.32 Å². The first-order chi connectivity index (χ1) is 9.85. The highest BCUT2D eigenvalue weighted by Gasteiger charge is 2.32. The van der Waals surface area contributed by atoms with E-state index in [9.17, 15) is 13.2 Å². The van der Waals surface area contributed by atoms with Crippen LogP contribution in [0.4, 0.5) is 18.9 Å². The number of rotatable bonds is 4. The summed E-state index contributed by atoms with van der Waals surface area (Å²) >= 11 is 9.35. The third-order valence-corrected chi connectivity index (χ3v) is 3.45. The molecule has 0 fully saturated rings. The first-order valence-electron chi connectivity index (χ1n) is 5.88. The summed E-state index contributed by atoms with van der Waals surface area (Å²) < 4.78 is 41.8. The van der Waals surface area contributed by atoms with Gasteiger partial charge in [0, 0.05) is 16.0 Å². The number of anilines is 1. The maximum absolute atomic E-state index is 12.3. The fourth-order valence-electron chi connectivity index (χ4n) is 1.70. The summed E-state index contributed by atoms with van der Waals surface area (Å²) in [6.07, 6.45) is -4.73. The molecule has 1 N–H and O–H groups in total. The van der Waals surface area contributed by atoms with E-state index >= 15 is 0 Å². The van der Waals surface area contributed by atoms with Crippen LogP contribution in [0.2, 0.25) is 5.02 Å². The molecule has 0 amide bonds. The third-order valence-electron chi connectivity index (χ3n) is 2.59. The minimum Gasteiger partial charge on any atom is -0.404 e. The van der Waals surface area contributed by atoms with E-state index in [1.807, 2.05) is 0 Å². The topological polar surface area (TPSA) is 21.3 Å². The molecule has 2 nitrogen and oxygen atoms in total. The van der Waals surface area contributed by atoms with Crippen LogP contribution in [0, 0.1) is 0 Å². The number of hydrogen-bond donors (Lipinski definition) is 1. The Morgan fingerprint density at radius 3 is 2.57 bits per heavy atom. The Morgan fingerprint density at radius 1 is 1.14 bits per heavy atom. The van der Waals surface area contributed by atoms with Gasteiger partial charge in [0.25, 0.3) is 0 Å². The Balaban J connectivity index is 2.15. The zero-order chi connectivity index (χ0) is 15.5. The fourth-order valence-corrected chi connectivity index (χ4v) is 2.29. The molecular formula is C14H10BrClF3NO. The van der Waals surface area contributed by atoms with Crippen LogP contribution in [0.5, 0.6) is 5.75 Å². The van der Waals surface area contributed by atoms with Crippen molar-refractivity contribution in [2.24, 2.45) is 0 Å². The van der Waals surface area contributed by atoms with Crippen LogP contribution in [-0.2, 0) is 6.54 Å². The molecule has 2 aromatic rings. The Hall–Kier alpha value is -1.40. The molecule has 0 saturated heterocycles. The van der Waals surface area contributed by atoms with Gasteiger partial charge in [-0.3, -0.25) is 0 Å². The van der Waals surface area contributed by atoms with Gasteiger partial charge in [0.15, 0.2) is 5.75 Å². The summed E-state index contributed by atoms with van der Waals surface area (Å²) in [6, 6.07) is 11.1. The number of hydrogen-bond acceptors (Lipinski definition) is 2. The highest BCUT2D eigenvalue weighted by Crippen LogP contribution is 2.31. The SMILES string of the molecule is FC(F)(F)Oc1ccccc1NCc1cc(Br)ccc1Cl. The zero-order valence-electron chi connectivity index (χ0n) is 10.5. The Kier molecular flexibility index (Phi) is 5.00. The first kappa shape index (κ1) is 16.0. The summed E-state index contributed by atoms with van der Waals surface area (Å²) in [5.41, 5.74) is 0.999. The smallest absolute Gasteiger partial charge is 0.404 e. The normalized spacial score (nSPS) is 11.3. The molecule has 0 aliphatic rings. The van der Waals surface area contributed by atoms with Crippen molar-refractivity contribution in [2.45, 2.75) is 12.9 Å². The maximum atomic E-state index is 12.3. The van der Waals surface area contributed by atoms with Gasteiger partial charge in [-0.05, 0) is 35.9 Å². The lowest BCUT2D eigenvalue weighted by Gasteiger charge is -2.15. The molecule has 2 rings (SSSR count). The summed E-state index contributed by atoms with van der Waals surface area (Å²) in [4.78, 5) is 0. The number of ether oxygens (including phenoxy) is 1. The minimum absolute atomic E-state index is 0.242. The van der Waals surface area contributed by atoms with Gasteiger partial charge in [-0.25, -0.2) is 0 Å². The van der Waals surface area contributed by atoms with E-state index in [0.29, 0.717) is 5.02 Å². The molecule has 0 radical (unpaired) electrons. The number of halogens is 5. The van der Waals surface area contributed by atoms with Gasteiger partial charge in [0.1, 0.15) is 0 Å². The van der Waals surface area contributed by atoms with Gasteiger partial charge in [0.05, 0.1) is 5.69 Å². The number of para-hydroxylation sites is 2. The van der Waals surface area contributed by atoms with Crippen molar-refractivity contribution in [1.29, 1.82) is 0 Å². The Morgan fingerprint density at radius 2 is 1.86 bits per heavy atom. The molecule has 0 spiro atoms. The Bertz CT molecular complexity index is 634. The van der Waals surface area contributed by atoms with Gasteiger partial charge in [-0.2, -0.15) is 0 Å². The van der Waals surface area contributed by atoms with E-state index in [4.69, 9.17) is 11.6 Å². The molecule has 0 aromatic heterocycles. The second-order valence-corrected chi connectivity index (χ2v) is 5.46. The van der Waals surface area contributed by atoms with Gasteiger partial charge < -0.3 is 10.1 Å². The standard InChI is InChI=1S/C14H10BrClF3NO/c15-10-5-6-11(16)9(7-10)8-20-12-3-1-2-4-13(12)21-14(17,18)19/h1-7,20H,8H2. The number of nitrogens with one attached hydrogen (secondary N) is 1. The third kappa shape index (κ3) is 4.82. The van der Waals surface area contributed by atoms with Gasteiger partial charge >= 0.3 is 6.36 Å². The van der Waals surface area contributed by atoms with E-state index in [2.05, 4.69) is 26.0 Å². The maximum Gasteiger partial charge on any atom is 0.573 e. The highest BCUT2D eigenvalue weighted by molar-refractivity contribution is 9.10. The molecular weight excluding hydrogens is 371 g/mol. The molecule has 0 saturated carbocycles. The quantitative estimate of drug-likeness (QED) is 0.744. The van der Waals surface area contributed by atoms with E-state index in [-0.39, 0.29) is 18.0 Å². The van der Waals surface area contributed by atoms with Crippen LogP contribution >= 0.6 is 27.5 Å². The lowest BCUT2D eigenvalue weighted by molar-refractivity contribution is -0.274. The molecule has 0 atom stereocenters. The van der Waals surface area contributed by atoms with E-state index in [0.717, 1.165) is 10.0 Å². The van der Waals surface area contributed by atoms with Gasteiger partial charge in [0.2, 0.25) is 0 Å². The summed E-state index contributed by atoms with van der Waals surface area (Å²) in [6.45, 7) is 0.274. The monoisotopic (exact) mass is 379 g/mol. The van der Waals surface area contributed by atoms with Crippen LogP contribution in [-0.4, -0.2) is 6.36 Å². The first-order valence-corrected chi connectivity index (χ1v) is 7.05. The van der Waals surface area contributed by atoms with Crippen LogP contribution in [0.3, 0.4) is 0 Å². The van der Waals surface area contributed by atoms with E-state index in [1.165, 1.54) is 18.2 Å². The molecule has 0 aliphatic heterocycles. The Labute approximate surface area is 133 Å². The summed E-state index contributed by atoms with van der Waals surface area (Å²) in [5.74, 6) is -0.281. The van der Waals surface area contributed by atoms with Crippen LogP contribution in [0.15, 0.2) is 46.9 Å². The second kappa shape index (κ2) is 6.58. The molecule has 7 heteroatoms. The summed E-state index contributed by atoms with van der Waals surface area (Å²) in [7, 11) is 0. The summed E-state index contributed by atoms with van der Waals surface area (Å²) in [5, 5.41) is 3.42. The average molecular weight is 381 g/mol. The van der Waals surface area contributed by atoms with Crippen molar-refractivity contribution >= 4 is 33.2 Å². The van der Waals surface area contributed by atoms with Crippen LogP contribution < -0.4 is 10.1 Å². The average Bonchev–Trinajstić information content (AvgIpc) is 2.39. The second-order valence-electron chi connectivity index (χ2n) is 4.13. The predicted octanol–water partition coefficient (Wildman–Crippen LogP) is 5.61. The lowest BCUT2D eigenvalue weighted by Crippen LogP contribution is -2.18. The molecule has 0 bridgehead atoms. The van der Waals surface area contributed by atoms with Crippen LogP contribution in [0.1, 0.15) is 5.56 Å². The minimum atomic E-state index is -4.73. The number of alkyl halides is 3. The molecule has 21 heavy (non-hydrogen) atoms. The largest absolute Gasteiger partial charge is 0.573 e.